The minimum Gasteiger partial charge on any atom is -0.271 e. The van der Waals surface area contributed by atoms with Crippen LogP contribution in [0.2, 0.25) is 0 Å². The highest BCUT2D eigenvalue weighted by Gasteiger charge is 2.36. The molecule has 0 bridgehead atoms. The molecule has 0 radical (unpaired) electrons. The van der Waals surface area contributed by atoms with Crippen molar-refractivity contribution < 1.29 is 0 Å². The number of hydrazine groups is 1. The molecule has 0 aromatic rings. The molecular formula is C18H36N2. The van der Waals surface area contributed by atoms with Gasteiger partial charge < -0.3 is 0 Å². The molecule has 2 aliphatic carbocycles. The molecule has 0 aliphatic heterocycles. The van der Waals surface area contributed by atoms with Gasteiger partial charge in [0.05, 0.1) is 0 Å². The van der Waals surface area contributed by atoms with Crippen LogP contribution in [0.3, 0.4) is 0 Å². The van der Waals surface area contributed by atoms with Crippen molar-refractivity contribution in [1.82, 2.24) is 5.43 Å². The van der Waals surface area contributed by atoms with Gasteiger partial charge in [0, 0.05) is 6.04 Å². The van der Waals surface area contributed by atoms with E-state index < -0.39 is 0 Å². The maximum atomic E-state index is 5.94. The molecule has 0 amide bonds. The Bertz CT molecular complexity index is 278. The Kier molecular flexibility index (Phi) is 5.53. The second-order valence-electron chi connectivity index (χ2n) is 8.69. The first kappa shape index (κ1) is 16.3. The van der Waals surface area contributed by atoms with Crippen LogP contribution in [0, 0.1) is 29.1 Å². The molecule has 0 spiro atoms. The van der Waals surface area contributed by atoms with Crippen LogP contribution in [0.15, 0.2) is 0 Å². The van der Waals surface area contributed by atoms with Crippen molar-refractivity contribution in [3.63, 3.8) is 0 Å². The molecule has 3 N–H and O–H groups in total. The molecule has 118 valence electrons. The smallest absolute Gasteiger partial charge is 0.0267 e. The first-order chi connectivity index (χ1) is 9.41. The van der Waals surface area contributed by atoms with Crippen molar-refractivity contribution in [2.24, 2.45) is 34.9 Å². The van der Waals surface area contributed by atoms with E-state index in [1.807, 2.05) is 0 Å². The van der Waals surface area contributed by atoms with Crippen molar-refractivity contribution >= 4 is 0 Å². The summed E-state index contributed by atoms with van der Waals surface area (Å²) in [6.45, 7) is 9.60. The lowest BCUT2D eigenvalue weighted by Gasteiger charge is -2.42. The van der Waals surface area contributed by atoms with E-state index in [2.05, 4.69) is 33.1 Å². The van der Waals surface area contributed by atoms with E-state index in [0.29, 0.717) is 11.5 Å². The third kappa shape index (κ3) is 3.98. The average molecular weight is 280 g/mol. The zero-order chi connectivity index (χ0) is 14.8. The fourth-order valence-electron chi connectivity index (χ4n) is 4.65. The highest BCUT2D eigenvalue weighted by molar-refractivity contribution is 4.89. The molecule has 2 aliphatic rings. The van der Waals surface area contributed by atoms with Gasteiger partial charge in [-0.05, 0) is 67.6 Å². The normalized spacial score (nSPS) is 37.6. The third-order valence-corrected chi connectivity index (χ3v) is 6.27. The fraction of sp³-hybridized carbons (Fsp3) is 1.00. The molecule has 1 unspecified atom stereocenters. The summed E-state index contributed by atoms with van der Waals surface area (Å²) in [6.07, 6.45) is 11.1. The summed E-state index contributed by atoms with van der Waals surface area (Å²) >= 11 is 0. The molecule has 2 saturated carbocycles. The van der Waals surface area contributed by atoms with E-state index in [4.69, 9.17) is 5.84 Å². The molecule has 0 aromatic carbocycles. The number of rotatable bonds is 3. The Morgan fingerprint density at radius 1 is 0.850 bits per heavy atom. The van der Waals surface area contributed by atoms with Crippen LogP contribution in [0.5, 0.6) is 0 Å². The summed E-state index contributed by atoms with van der Waals surface area (Å²) in [5.41, 5.74) is 3.69. The van der Waals surface area contributed by atoms with E-state index in [0.717, 1.165) is 23.7 Å². The minimum atomic E-state index is 0.483. The van der Waals surface area contributed by atoms with Gasteiger partial charge in [-0.3, -0.25) is 11.3 Å². The van der Waals surface area contributed by atoms with Gasteiger partial charge in [0.2, 0.25) is 0 Å². The second kappa shape index (κ2) is 6.79. The van der Waals surface area contributed by atoms with Crippen molar-refractivity contribution in [2.75, 3.05) is 0 Å². The van der Waals surface area contributed by atoms with E-state index >= 15 is 0 Å². The summed E-state index contributed by atoms with van der Waals surface area (Å²) in [7, 11) is 0. The Morgan fingerprint density at radius 2 is 1.30 bits per heavy atom. The molecule has 2 heteroatoms. The van der Waals surface area contributed by atoms with Crippen LogP contribution in [0.4, 0.5) is 0 Å². The van der Waals surface area contributed by atoms with Crippen molar-refractivity contribution in [1.29, 1.82) is 0 Å². The Hall–Kier alpha value is -0.0800. The van der Waals surface area contributed by atoms with Gasteiger partial charge in [-0.2, -0.15) is 0 Å². The molecule has 0 aromatic heterocycles. The van der Waals surface area contributed by atoms with Gasteiger partial charge in [-0.1, -0.05) is 40.5 Å². The number of hydrogen-bond acceptors (Lipinski definition) is 2. The molecule has 2 fully saturated rings. The highest BCUT2D eigenvalue weighted by atomic mass is 15.2. The second-order valence-corrected chi connectivity index (χ2v) is 8.69. The quantitative estimate of drug-likeness (QED) is 0.590. The maximum Gasteiger partial charge on any atom is 0.0267 e. The lowest BCUT2D eigenvalue weighted by Crippen LogP contribution is -2.48. The Balaban J connectivity index is 1.87. The molecule has 2 rings (SSSR count). The van der Waals surface area contributed by atoms with Crippen molar-refractivity contribution in [3.05, 3.63) is 0 Å². The lowest BCUT2D eigenvalue weighted by atomic mass is 9.66. The zero-order valence-corrected chi connectivity index (χ0v) is 14.1. The summed E-state index contributed by atoms with van der Waals surface area (Å²) in [5.74, 6) is 9.42. The van der Waals surface area contributed by atoms with Gasteiger partial charge >= 0.3 is 0 Å². The fourth-order valence-corrected chi connectivity index (χ4v) is 4.65. The largest absolute Gasteiger partial charge is 0.271 e. The van der Waals surface area contributed by atoms with Gasteiger partial charge in [0.1, 0.15) is 0 Å². The van der Waals surface area contributed by atoms with Gasteiger partial charge in [0.25, 0.3) is 0 Å². The van der Waals surface area contributed by atoms with Crippen LogP contribution in [0.1, 0.15) is 79.1 Å². The van der Waals surface area contributed by atoms with E-state index in [1.165, 1.54) is 51.4 Å². The third-order valence-electron chi connectivity index (χ3n) is 6.27. The van der Waals surface area contributed by atoms with E-state index in [9.17, 15) is 0 Å². The van der Waals surface area contributed by atoms with Crippen molar-refractivity contribution in [2.45, 2.75) is 85.1 Å². The average Bonchev–Trinajstić information content (AvgIpc) is 2.41. The number of nitrogens with one attached hydrogen (secondary N) is 1. The maximum absolute atomic E-state index is 5.94. The first-order valence-corrected chi connectivity index (χ1v) is 8.88. The molecule has 2 nitrogen and oxygen atoms in total. The topological polar surface area (TPSA) is 38.0 Å². The van der Waals surface area contributed by atoms with Crippen molar-refractivity contribution in [3.8, 4) is 0 Å². The molecule has 0 heterocycles. The van der Waals surface area contributed by atoms with Crippen LogP contribution < -0.4 is 11.3 Å². The van der Waals surface area contributed by atoms with E-state index in [-0.39, 0.29) is 0 Å². The zero-order valence-electron chi connectivity index (χ0n) is 14.1. The minimum absolute atomic E-state index is 0.483. The van der Waals surface area contributed by atoms with Gasteiger partial charge in [-0.25, -0.2) is 0 Å². The molecule has 0 saturated heterocycles. The lowest BCUT2D eigenvalue weighted by molar-refractivity contribution is 0.102. The highest BCUT2D eigenvalue weighted by Crippen LogP contribution is 2.43. The number of nitrogens with two attached hydrogens (primary N) is 1. The predicted octanol–water partition coefficient (Wildman–Crippen LogP) is 4.50. The molecule has 20 heavy (non-hydrogen) atoms. The van der Waals surface area contributed by atoms with Gasteiger partial charge in [-0.15, -0.1) is 0 Å². The summed E-state index contributed by atoms with van der Waals surface area (Å²) < 4.78 is 0. The first-order valence-electron chi connectivity index (χ1n) is 8.88. The monoisotopic (exact) mass is 280 g/mol. The molecular weight excluding hydrogens is 244 g/mol. The SMILES string of the molecule is CC1CCC(C(NN)C2CCC(C(C)(C)C)CC2)CC1. The summed E-state index contributed by atoms with van der Waals surface area (Å²) in [5, 5.41) is 0. The number of hydrogen-bond donors (Lipinski definition) is 2. The Labute approximate surface area is 126 Å². The molecule has 1 atom stereocenters. The van der Waals surface area contributed by atoms with Gasteiger partial charge in [0.15, 0.2) is 0 Å². The van der Waals surface area contributed by atoms with Crippen LogP contribution >= 0.6 is 0 Å². The summed E-state index contributed by atoms with van der Waals surface area (Å²) in [6, 6.07) is 0.573. The summed E-state index contributed by atoms with van der Waals surface area (Å²) in [4.78, 5) is 0. The van der Waals surface area contributed by atoms with Crippen LogP contribution in [0.25, 0.3) is 0 Å². The van der Waals surface area contributed by atoms with Crippen LogP contribution in [-0.2, 0) is 0 Å². The van der Waals surface area contributed by atoms with Crippen LogP contribution in [-0.4, -0.2) is 6.04 Å². The van der Waals surface area contributed by atoms with E-state index in [1.54, 1.807) is 0 Å². The Morgan fingerprint density at radius 3 is 1.70 bits per heavy atom. The standard InChI is InChI=1S/C18H36N2/c1-13-5-7-14(8-6-13)17(20-19)15-9-11-16(12-10-15)18(2,3)4/h13-17,20H,5-12,19H2,1-4H3. The predicted molar refractivity (Wildman–Crippen MR) is 87.1 cm³/mol.